The van der Waals surface area contributed by atoms with Crippen molar-refractivity contribution in [2.45, 2.75) is 6.92 Å². The van der Waals surface area contributed by atoms with Crippen LogP contribution in [0.3, 0.4) is 0 Å². The molecule has 1 amide bonds. The Balaban J connectivity index is 1.89. The van der Waals surface area contributed by atoms with E-state index in [0.717, 1.165) is 0 Å². The number of nitro groups is 1. The summed E-state index contributed by atoms with van der Waals surface area (Å²) >= 11 is 0. The number of nitrogens with one attached hydrogen (secondary N) is 1. The molecular weight excluding hydrogens is 342 g/mol. The van der Waals surface area contributed by atoms with E-state index in [1.54, 1.807) is 26.1 Å². The summed E-state index contributed by atoms with van der Waals surface area (Å²) in [4.78, 5) is 43.6. The van der Waals surface area contributed by atoms with Gasteiger partial charge in [-0.1, -0.05) is 12.1 Å². The molecule has 0 atom stereocenters. The molecule has 0 aliphatic heterocycles. The summed E-state index contributed by atoms with van der Waals surface area (Å²) in [7, 11) is 1.60. The second kappa shape index (κ2) is 8.51. The molecule has 26 heavy (non-hydrogen) atoms. The fraction of sp³-hybridized carbons (Fsp3) is 0.250. The van der Waals surface area contributed by atoms with Gasteiger partial charge in [-0.25, -0.2) is 9.97 Å². The Morgan fingerprint density at radius 3 is 2.62 bits per heavy atom. The lowest BCUT2D eigenvalue weighted by Gasteiger charge is -2.15. The third-order valence-electron chi connectivity index (χ3n) is 3.34. The van der Waals surface area contributed by atoms with Gasteiger partial charge in [-0.05, 0) is 18.6 Å². The number of nitrogens with zero attached hydrogens (tertiary/aromatic N) is 4. The standard InChI is InChI=1S/C16H17N5O5/c1-11-5-3-6-12(21(24)25)15(11)19-13(22)10-26-14(23)9-20(2)16-17-7-4-8-18-16/h3-8H,9-10H2,1-2H3,(H,19,22). The van der Waals surface area contributed by atoms with E-state index in [-0.39, 0.29) is 17.9 Å². The molecule has 0 bridgehead atoms. The summed E-state index contributed by atoms with van der Waals surface area (Å²) in [5.74, 6) is -0.992. The fourth-order valence-corrected chi connectivity index (χ4v) is 2.09. The summed E-state index contributed by atoms with van der Waals surface area (Å²) in [5.41, 5.74) is 0.374. The summed E-state index contributed by atoms with van der Waals surface area (Å²) < 4.78 is 4.89. The van der Waals surface area contributed by atoms with Crippen molar-refractivity contribution in [3.63, 3.8) is 0 Å². The predicted molar refractivity (Wildman–Crippen MR) is 92.7 cm³/mol. The van der Waals surface area contributed by atoms with Crippen molar-refractivity contribution in [2.75, 3.05) is 30.4 Å². The van der Waals surface area contributed by atoms with Crippen LogP contribution in [0.5, 0.6) is 0 Å². The van der Waals surface area contributed by atoms with Crippen LogP contribution in [-0.2, 0) is 14.3 Å². The van der Waals surface area contributed by atoms with Crippen molar-refractivity contribution in [3.05, 3.63) is 52.3 Å². The quantitative estimate of drug-likeness (QED) is 0.445. The predicted octanol–water partition coefficient (Wildman–Crippen LogP) is 1.31. The molecule has 2 rings (SSSR count). The van der Waals surface area contributed by atoms with Crippen LogP contribution >= 0.6 is 0 Å². The number of rotatable bonds is 7. The molecule has 2 aromatic rings. The number of amides is 1. The number of aromatic nitrogens is 2. The first-order valence-corrected chi connectivity index (χ1v) is 7.56. The van der Waals surface area contributed by atoms with Crippen LogP contribution in [0.1, 0.15) is 5.56 Å². The SMILES string of the molecule is Cc1cccc([N+](=O)[O-])c1NC(=O)COC(=O)CN(C)c1ncccn1. The number of anilines is 2. The average Bonchev–Trinajstić information content (AvgIpc) is 2.62. The van der Waals surface area contributed by atoms with E-state index in [0.29, 0.717) is 11.5 Å². The van der Waals surface area contributed by atoms with E-state index < -0.39 is 23.4 Å². The topological polar surface area (TPSA) is 128 Å². The fourth-order valence-electron chi connectivity index (χ4n) is 2.09. The van der Waals surface area contributed by atoms with Gasteiger partial charge in [-0.3, -0.25) is 19.7 Å². The van der Waals surface area contributed by atoms with Crippen molar-refractivity contribution in [3.8, 4) is 0 Å². The number of ether oxygens (including phenoxy) is 1. The summed E-state index contributed by atoms with van der Waals surface area (Å²) in [6.07, 6.45) is 3.07. The van der Waals surface area contributed by atoms with Crippen molar-refractivity contribution in [1.82, 2.24) is 9.97 Å². The lowest BCUT2D eigenvalue weighted by Crippen LogP contribution is -2.30. The molecule has 0 unspecified atom stereocenters. The second-order valence-corrected chi connectivity index (χ2v) is 5.34. The summed E-state index contributed by atoms with van der Waals surface area (Å²) in [6, 6.07) is 6.07. The minimum absolute atomic E-state index is 0.0772. The molecule has 0 saturated heterocycles. The Labute approximate surface area is 149 Å². The molecule has 0 fully saturated rings. The molecule has 0 spiro atoms. The van der Waals surface area contributed by atoms with Gasteiger partial charge in [-0.15, -0.1) is 0 Å². The number of nitro benzene ring substituents is 1. The third kappa shape index (κ3) is 4.97. The zero-order chi connectivity index (χ0) is 19.1. The molecule has 136 valence electrons. The normalized spacial score (nSPS) is 10.1. The molecule has 0 aliphatic rings. The number of esters is 1. The summed E-state index contributed by atoms with van der Waals surface area (Å²) in [5, 5.41) is 13.4. The summed E-state index contributed by atoms with van der Waals surface area (Å²) in [6.45, 7) is 0.916. The first-order valence-electron chi connectivity index (χ1n) is 7.56. The van der Waals surface area contributed by atoms with Gasteiger partial charge in [0, 0.05) is 25.5 Å². The highest BCUT2D eigenvalue weighted by molar-refractivity contribution is 5.95. The molecule has 1 aromatic carbocycles. The lowest BCUT2D eigenvalue weighted by atomic mass is 10.1. The maximum absolute atomic E-state index is 12.0. The van der Waals surface area contributed by atoms with E-state index in [4.69, 9.17) is 4.74 Å². The molecule has 0 radical (unpaired) electrons. The molecule has 10 heteroatoms. The number of hydrogen-bond donors (Lipinski definition) is 1. The van der Waals surface area contributed by atoms with Crippen LogP contribution in [0.15, 0.2) is 36.7 Å². The average molecular weight is 359 g/mol. The van der Waals surface area contributed by atoms with Crippen LogP contribution in [0.4, 0.5) is 17.3 Å². The van der Waals surface area contributed by atoms with Gasteiger partial charge in [0.2, 0.25) is 5.95 Å². The first kappa shape index (κ1) is 18.8. The Morgan fingerprint density at radius 1 is 1.27 bits per heavy atom. The Bertz CT molecular complexity index is 812. The van der Waals surface area contributed by atoms with Crippen LogP contribution in [-0.4, -0.2) is 47.0 Å². The monoisotopic (exact) mass is 359 g/mol. The van der Waals surface area contributed by atoms with Gasteiger partial charge < -0.3 is 15.0 Å². The maximum atomic E-state index is 12.0. The second-order valence-electron chi connectivity index (χ2n) is 5.34. The van der Waals surface area contributed by atoms with E-state index in [9.17, 15) is 19.7 Å². The highest BCUT2D eigenvalue weighted by atomic mass is 16.6. The molecule has 10 nitrogen and oxygen atoms in total. The molecule has 1 N–H and O–H groups in total. The molecule has 0 saturated carbocycles. The van der Waals surface area contributed by atoms with E-state index in [1.807, 2.05) is 0 Å². The molecule has 1 aromatic heterocycles. The van der Waals surface area contributed by atoms with Crippen LogP contribution in [0, 0.1) is 17.0 Å². The van der Waals surface area contributed by atoms with Crippen LogP contribution in [0.2, 0.25) is 0 Å². The van der Waals surface area contributed by atoms with Crippen LogP contribution < -0.4 is 10.2 Å². The number of carbonyl (C=O) groups is 2. The number of aryl methyl sites for hydroxylation is 1. The maximum Gasteiger partial charge on any atom is 0.326 e. The van der Waals surface area contributed by atoms with Gasteiger partial charge in [0.05, 0.1) is 4.92 Å². The van der Waals surface area contributed by atoms with Gasteiger partial charge in [0.1, 0.15) is 12.2 Å². The number of carbonyl (C=O) groups excluding carboxylic acids is 2. The third-order valence-corrected chi connectivity index (χ3v) is 3.34. The van der Waals surface area contributed by atoms with Crippen LogP contribution in [0.25, 0.3) is 0 Å². The zero-order valence-electron chi connectivity index (χ0n) is 14.2. The number of hydrogen-bond acceptors (Lipinski definition) is 8. The lowest BCUT2D eigenvalue weighted by molar-refractivity contribution is -0.384. The minimum atomic E-state index is -0.672. The molecular formula is C16H17N5O5. The van der Waals surface area contributed by atoms with Gasteiger partial charge in [-0.2, -0.15) is 0 Å². The minimum Gasteiger partial charge on any atom is -0.454 e. The Morgan fingerprint density at radius 2 is 1.96 bits per heavy atom. The Hall–Kier alpha value is -3.56. The van der Waals surface area contributed by atoms with Gasteiger partial charge >= 0.3 is 5.97 Å². The number of likely N-dealkylation sites (N-methyl/N-ethyl adjacent to an activating group) is 1. The van der Waals surface area contributed by atoms with Crippen molar-refractivity contribution in [2.24, 2.45) is 0 Å². The Kier molecular flexibility index (Phi) is 6.15. The largest absolute Gasteiger partial charge is 0.454 e. The zero-order valence-corrected chi connectivity index (χ0v) is 14.2. The van der Waals surface area contributed by atoms with E-state index in [2.05, 4.69) is 15.3 Å². The number of benzene rings is 1. The highest BCUT2D eigenvalue weighted by Gasteiger charge is 2.19. The highest BCUT2D eigenvalue weighted by Crippen LogP contribution is 2.27. The van der Waals surface area contributed by atoms with Crippen molar-refractivity contribution >= 4 is 29.2 Å². The van der Waals surface area contributed by atoms with E-state index >= 15 is 0 Å². The van der Waals surface area contributed by atoms with Crippen molar-refractivity contribution in [1.29, 1.82) is 0 Å². The van der Waals surface area contributed by atoms with E-state index in [1.165, 1.54) is 29.4 Å². The molecule has 0 aliphatic carbocycles. The smallest absolute Gasteiger partial charge is 0.326 e. The first-order chi connectivity index (χ1) is 12.4. The van der Waals surface area contributed by atoms with Gasteiger partial charge in [0.15, 0.2) is 6.61 Å². The number of para-hydroxylation sites is 1. The van der Waals surface area contributed by atoms with Crippen molar-refractivity contribution < 1.29 is 19.2 Å². The van der Waals surface area contributed by atoms with Gasteiger partial charge in [0.25, 0.3) is 11.6 Å². The molecule has 1 heterocycles.